The molecule has 0 saturated heterocycles. The number of fused-ring (bicyclic) bond motifs is 1. The highest BCUT2D eigenvalue weighted by Gasteiger charge is 2.37. The molecule has 2 rings (SSSR count). The number of carboxylic acid groups (broad SMARTS) is 1. The Morgan fingerprint density at radius 2 is 1.48 bits per heavy atom. The van der Waals surface area contributed by atoms with E-state index in [4.69, 9.17) is 0 Å². The Balaban J connectivity index is 1.50. The highest BCUT2D eigenvalue weighted by Crippen LogP contribution is 2.34. The number of nitrogens with zero attached hydrogens (tertiary/aromatic N) is 1. The van der Waals surface area contributed by atoms with Crippen molar-refractivity contribution in [2.45, 2.75) is 109 Å². The number of benzene rings is 1. The van der Waals surface area contributed by atoms with Gasteiger partial charge in [0.05, 0.1) is 0 Å². The Morgan fingerprint density at radius 1 is 0.903 bits per heavy atom. The number of carbonyl (C=O) groups excluding carboxylic acids is 1. The zero-order valence-electron chi connectivity index (χ0n) is 19.4. The minimum Gasteiger partial charge on any atom is -0.479 e. The van der Waals surface area contributed by atoms with Gasteiger partial charge in [0.1, 0.15) is 0 Å². The number of allylic oxidation sites excluding steroid dienone is 2. The lowest BCUT2D eigenvalue weighted by Gasteiger charge is -2.22. The van der Waals surface area contributed by atoms with E-state index in [2.05, 4.69) is 19.1 Å². The van der Waals surface area contributed by atoms with Crippen LogP contribution in [-0.4, -0.2) is 21.9 Å². The number of amides is 1. The predicted octanol–water partition coefficient (Wildman–Crippen LogP) is 7.19. The maximum atomic E-state index is 12.6. The molecule has 1 N–H and O–H groups in total. The van der Waals surface area contributed by atoms with Gasteiger partial charge in [-0.25, -0.2) is 4.79 Å². The molecule has 1 aliphatic rings. The van der Waals surface area contributed by atoms with Gasteiger partial charge in [0.2, 0.25) is 5.91 Å². The van der Waals surface area contributed by atoms with E-state index < -0.39 is 12.0 Å². The van der Waals surface area contributed by atoms with Gasteiger partial charge in [0.25, 0.3) is 0 Å². The van der Waals surface area contributed by atoms with E-state index in [1.807, 2.05) is 24.3 Å². The quantitative estimate of drug-likeness (QED) is 0.224. The van der Waals surface area contributed by atoms with Crippen LogP contribution in [0, 0.1) is 0 Å². The van der Waals surface area contributed by atoms with Gasteiger partial charge in [0.15, 0.2) is 6.04 Å². The van der Waals surface area contributed by atoms with E-state index >= 15 is 0 Å². The molecule has 0 aliphatic carbocycles. The highest BCUT2D eigenvalue weighted by atomic mass is 16.4. The number of carboxylic acids is 1. The van der Waals surface area contributed by atoms with Crippen molar-refractivity contribution in [3.63, 3.8) is 0 Å². The summed E-state index contributed by atoms with van der Waals surface area (Å²) in [7, 11) is 0. The van der Waals surface area contributed by atoms with Crippen LogP contribution in [0.4, 0.5) is 0 Å². The Labute approximate surface area is 188 Å². The van der Waals surface area contributed by atoms with E-state index in [0.717, 1.165) is 36.8 Å². The van der Waals surface area contributed by atoms with E-state index in [1.54, 1.807) is 0 Å². The molecule has 0 aromatic heterocycles. The number of hydrogen-bond donors (Lipinski definition) is 1. The maximum absolute atomic E-state index is 12.6. The Hall–Kier alpha value is -2.10. The molecule has 1 aromatic carbocycles. The van der Waals surface area contributed by atoms with Crippen molar-refractivity contribution in [3.8, 4) is 0 Å². The zero-order chi connectivity index (χ0) is 22.3. The van der Waals surface area contributed by atoms with E-state index in [9.17, 15) is 14.7 Å². The molecule has 0 unspecified atom stereocenters. The third-order valence-corrected chi connectivity index (χ3v) is 6.21. The summed E-state index contributed by atoms with van der Waals surface area (Å²) in [5.41, 5.74) is 1.71. The highest BCUT2D eigenvalue weighted by molar-refractivity contribution is 5.86. The first-order valence-electron chi connectivity index (χ1n) is 12.4. The van der Waals surface area contributed by atoms with Gasteiger partial charge < -0.3 is 10.0 Å². The Bertz CT molecular complexity index is 697. The fourth-order valence-electron chi connectivity index (χ4n) is 4.38. The molecule has 1 aliphatic heterocycles. The van der Waals surface area contributed by atoms with Crippen LogP contribution in [0.3, 0.4) is 0 Å². The summed E-state index contributed by atoms with van der Waals surface area (Å²) in [6.45, 7) is 2.67. The van der Waals surface area contributed by atoms with Crippen molar-refractivity contribution in [3.05, 3.63) is 47.5 Å². The second-order valence-electron chi connectivity index (χ2n) is 8.80. The molecule has 1 atom stereocenters. The van der Waals surface area contributed by atoms with Crippen molar-refractivity contribution in [2.24, 2.45) is 0 Å². The van der Waals surface area contributed by atoms with Crippen molar-refractivity contribution in [2.75, 3.05) is 0 Å². The third kappa shape index (κ3) is 8.88. The lowest BCUT2D eigenvalue weighted by atomic mass is 10.0. The largest absolute Gasteiger partial charge is 0.479 e. The molecule has 0 saturated carbocycles. The predicted molar refractivity (Wildman–Crippen MR) is 127 cm³/mol. The van der Waals surface area contributed by atoms with Crippen LogP contribution in [0.5, 0.6) is 0 Å². The fourth-order valence-corrected chi connectivity index (χ4v) is 4.38. The first-order valence-corrected chi connectivity index (χ1v) is 12.4. The van der Waals surface area contributed by atoms with Crippen LogP contribution >= 0.6 is 0 Å². The summed E-state index contributed by atoms with van der Waals surface area (Å²) in [4.78, 5) is 25.8. The van der Waals surface area contributed by atoms with Crippen molar-refractivity contribution < 1.29 is 14.7 Å². The number of unbranched alkanes of at least 4 members (excludes halogenated alkanes) is 11. The summed E-state index contributed by atoms with van der Waals surface area (Å²) in [6, 6.07) is 6.65. The molecule has 0 radical (unpaired) electrons. The van der Waals surface area contributed by atoms with Crippen LogP contribution < -0.4 is 0 Å². The molecule has 0 fully saturated rings. The molecule has 1 heterocycles. The van der Waals surface area contributed by atoms with Crippen molar-refractivity contribution in [1.82, 2.24) is 4.90 Å². The van der Waals surface area contributed by atoms with Crippen LogP contribution in [0.25, 0.3) is 0 Å². The van der Waals surface area contributed by atoms with Gasteiger partial charge in [-0.15, -0.1) is 0 Å². The number of rotatable bonds is 16. The molecule has 4 heteroatoms. The van der Waals surface area contributed by atoms with Crippen LogP contribution in [-0.2, 0) is 16.1 Å². The molecule has 4 nitrogen and oxygen atoms in total. The van der Waals surface area contributed by atoms with Crippen molar-refractivity contribution >= 4 is 11.9 Å². The van der Waals surface area contributed by atoms with Gasteiger partial charge >= 0.3 is 5.97 Å². The second-order valence-corrected chi connectivity index (χ2v) is 8.80. The van der Waals surface area contributed by atoms with E-state index in [-0.39, 0.29) is 5.91 Å². The van der Waals surface area contributed by atoms with E-state index in [0.29, 0.717) is 13.0 Å². The first kappa shape index (κ1) is 25.2. The minimum atomic E-state index is -0.942. The van der Waals surface area contributed by atoms with Crippen LogP contribution in [0.15, 0.2) is 36.4 Å². The van der Waals surface area contributed by atoms with E-state index in [1.165, 1.54) is 62.7 Å². The fraction of sp³-hybridized carbons (Fsp3) is 0.630. The average molecular weight is 428 g/mol. The lowest BCUT2D eigenvalue weighted by molar-refractivity contribution is -0.150. The molecule has 172 valence electrons. The first-order chi connectivity index (χ1) is 15.1. The normalized spacial score (nSPS) is 15.5. The topological polar surface area (TPSA) is 57.6 Å². The minimum absolute atomic E-state index is 0.0405. The summed E-state index contributed by atoms with van der Waals surface area (Å²) in [5, 5.41) is 9.58. The number of hydrogen-bond acceptors (Lipinski definition) is 2. The molecule has 31 heavy (non-hydrogen) atoms. The van der Waals surface area contributed by atoms with Crippen LogP contribution in [0.1, 0.15) is 114 Å². The van der Waals surface area contributed by atoms with Gasteiger partial charge in [-0.1, -0.05) is 94.7 Å². The summed E-state index contributed by atoms with van der Waals surface area (Å²) in [5.74, 6) is -0.982. The van der Waals surface area contributed by atoms with Gasteiger partial charge in [0, 0.05) is 13.0 Å². The lowest BCUT2D eigenvalue weighted by Crippen LogP contribution is -2.33. The standard InChI is InChI=1S/C27H41NO3/c1-2-3-4-5-6-7-8-9-10-11-12-13-14-15-16-21-25(29)28-22-23-19-17-18-20-24(23)26(28)27(30)31/h9-10,17-20,26H,2-8,11-16,21-22H2,1H3,(H,30,31)/b10-9-/t26-/m0/s1. The number of carbonyl (C=O) groups is 2. The van der Waals surface area contributed by atoms with Gasteiger partial charge in [-0.3, -0.25) is 4.79 Å². The monoisotopic (exact) mass is 427 g/mol. The third-order valence-electron chi connectivity index (χ3n) is 6.21. The molecular weight excluding hydrogens is 386 g/mol. The molecule has 0 spiro atoms. The Kier molecular flexibility index (Phi) is 12.0. The Morgan fingerprint density at radius 3 is 2.13 bits per heavy atom. The zero-order valence-corrected chi connectivity index (χ0v) is 19.4. The van der Waals surface area contributed by atoms with Gasteiger partial charge in [-0.05, 0) is 43.2 Å². The SMILES string of the molecule is CCCCCCCC/C=C\CCCCCCCC(=O)N1Cc2ccccc2[C@H]1C(=O)O. The molecule has 0 bridgehead atoms. The second kappa shape index (κ2) is 14.8. The number of aliphatic carboxylic acids is 1. The summed E-state index contributed by atoms with van der Waals surface area (Å²) >= 11 is 0. The molecule has 1 aromatic rings. The van der Waals surface area contributed by atoms with Crippen molar-refractivity contribution in [1.29, 1.82) is 0 Å². The summed E-state index contributed by atoms with van der Waals surface area (Å²) in [6.07, 6.45) is 21.0. The molecular formula is C27H41NO3. The maximum Gasteiger partial charge on any atom is 0.331 e. The van der Waals surface area contributed by atoms with Crippen LogP contribution in [0.2, 0.25) is 0 Å². The average Bonchev–Trinajstić information content (AvgIpc) is 3.16. The van der Waals surface area contributed by atoms with Gasteiger partial charge in [-0.2, -0.15) is 0 Å². The smallest absolute Gasteiger partial charge is 0.331 e. The molecule has 1 amide bonds. The summed E-state index contributed by atoms with van der Waals surface area (Å²) < 4.78 is 0.